The van der Waals surface area contributed by atoms with Crippen LogP contribution in [0.2, 0.25) is 0 Å². The maximum Gasteiger partial charge on any atom is 0.271 e. The zero-order valence-corrected chi connectivity index (χ0v) is 9.83. The van der Waals surface area contributed by atoms with Gasteiger partial charge in [0.15, 0.2) is 0 Å². The van der Waals surface area contributed by atoms with Crippen LogP contribution in [0.3, 0.4) is 0 Å². The highest BCUT2D eigenvalue weighted by Crippen LogP contribution is 2.41. The number of hydrogen-bond acceptors (Lipinski definition) is 3. The topological polar surface area (TPSA) is 59.0 Å². The zero-order chi connectivity index (χ0) is 10.4. The van der Waals surface area contributed by atoms with E-state index in [1.54, 1.807) is 17.1 Å². The van der Waals surface area contributed by atoms with Crippen molar-refractivity contribution in [1.29, 1.82) is 0 Å². The van der Waals surface area contributed by atoms with Crippen molar-refractivity contribution in [1.82, 2.24) is 20.2 Å². The van der Waals surface area contributed by atoms with Crippen LogP contribution in [0.25, 0.3) is 0 Å². The lowest BCUT2D eigenvalue weighted by Crippen LogP contribution is -2.32. The van der Waals surface area contributed by atoms with Crippen molar-refractivity contribution in [2.75, 3.05) is 13.1 Å². The molecule has 1 aliphatic carbocycles. The summed E-state index contributed by atoms with van der Waals surface area (Å²) in [7, 11) is 1.86. The Morgan fingerprint density at radius 1 is 1.56 bits per heavy atom. The van der Waals surface area contributed by atoms with E-state index >= 15 is 0 Å². The van der Waals surface area contributed by atoms with Crippen molar-refractivity contribution in [3.8, 4) is 0 Å². The Kier molecular flexibility index (Phi) is 2.90. The Labute approximate surface area is 100 Å². The van der Waals surface area contributed by atoms with E-state index in [4.69, 9.17) is 0 Å². The lowest BCUT2D eigenvalue weighted by molar-refractivity contribution is 0.0942. The maximum absolute atomic E-state index is 11.7. The van der Waals surface area contributed by atoms with Gasteiger partial charge in [-0.15, -0.1) is 12.4 Å². The second kappa shape index (κ2) is 4.07. The van der Waals surface area contributed by atoms with Crippen molar-refractivity contribution in [2.45, 2.75) is 6.04 Å². The fraction of sp³-hybridized carbons (Fsp3) is 0.600. The third-order valence-electron chi connectivity index (χ3n) is 3.33. The summed E-state index contributed by atoms with van der Waals surface area (Å²) >= 11 is 0. The quantitative estimate of drug-likeness (QED) is 0.755. The Morgan fingerprint density at radius 2 is 2.25 bits per heavy atom. The smallest absolute Gasteiger partial charge is 0.271 e. The summed E-state index contributed by atoms with van der Waals surface area (Å²) in [6.45, 7) is 2.08. The lowest BCUT2D eigenvalue weighted by Gasteiger charge is -2.05. The fourth-order valence-electron chi connectivity index (χ4n) is 2.39. The normalized spacial score (nSPS) is 30.4. The first kappa shape index (κ1) is 11.4. The number of amides is 1. The Bertz CT molecular complexity index is 395. The van der Waals surface area contributed by atoms with Gasteiger partial charge in [-0.05, 0) is 11.8 Å². The van der Waals surface area contributed by atoms with Gasteiger partial charge in [-0.3, -0.25) is 4.79 Å². The van der Waals surface area contributed by atoms with Crippen molar-refractivity contribution in [3.63, 3.8) is 0 Å². The first-order chi connectivity index (χ1) is 7.25. The average Bonchev–Trinajstić information content (AvgIpc) is 2.66. The first-order valence-corrected chi connectivity index (χ1v) is 5.25. The zero-order valence-electron chi connectivity index (χ0n) is 9.01. The van der Waals surface area contributed by atoms with Crippen LogP contribution < -0.4 is 10.6 Å². The van der Waals surface area contributed by atoms with Crippen molar-refractivity contribution in [3.05, 3.63) is 18.2 Å². The summed E-state index contributed by atoms with van der Waals surface area (Å²) in [5, 5.41) is 6.33. The number of aromatic nitrogens is 2. The molecule has 1 amide bonds. The molecule has 6 heteroatoms. The SMILES string of the molecule is Cl.Cn1cnc(C(=O)NC2C3CNCC32)c1. The van der Waals surface area contributed by atoms with Crippen molar-refractivity contribution < 1.29 is 4.79 Å². The van der Waals surface area contributed by atoms with Gasteiger partial charge in [0, 0.05) is 32.4 Å². The third-order valence-corrected chi connectivity index (χ3v) is 3.33. The number of fused-ring (bicyclic) bond motifs is 1. The molecule has 1 saturated carbocycles. The van der Waals surface area contributed by atoms with E-state index in [-0.39, 0.29) is 18.3 Å². The van der Waals surface area contributed by atoms with Crippen molar-refractivity contribution in [2.24, 2.45) is 18.9 Å². The molecule has 2 N–H and O–H groups in total. The van der Waals surface area contributed by atoms with Gasteiger partial charge in [-0.2, -0.15) is 0 Å². The van der Waals surface area contributed by atoms with E-state index in [1.807, 2.05) is 7.05 Å². The van der Waals surface area contributed by atoms with Gasteiger partial charge in [0.05, 0.1) is 6.33 Å². The van der Waals surface area contributed by atoms with Gasteiger partial charge in [0.2, 0.25) is 0 Å². The number of hydrogen-bond donors (Lipinski definition) is 2. The molecule has 1 aliphatic heterocycles. The summed E-state index contributed by atoms with van der Waals surface area (Å²) in [4.78, 5) is 15.8. The number of nitrogens with zero attached hydrogens (tertiary/aromatic N) is 2. The first-order valence-electron chi connectivity index (χ1n) is 5.25. The van der Waals surface area contributed by atoms with Crippen LogP contribution in [0.15, 0.2) is 12.5 Å². The molecule has 2 aliphatic rings. The Morgan fingerprint density at radius 3 is 2.81 bits per heavy atom. The van der Waals surface area contributed by atoms with Crippen LogP contribution in [-0.2, 0) is 7.05 Å². The Hall–Kier alpha value is -1.07. The Balaban J connectivity index is 0.000000963. The molecule has 2 unspecified atom stereocenters. The predicted octanol–water partition coefficient (Wildman–Crippen LogP) is -0.211. The van der Waals surface area contributed by atoms with Crippen LogP contribution in [0.4, 0.5) is 0 Å². The van der Waals surface area contributed by atoms with Crippen LogP contribution >= 0.6 is 12.4 Å². The molecule has 88 valence electrons. The predicted molar refractivity (Wildman–Crippen MR) is 61.6 cm³/mol. The molecule has 5 nitrogen and oxygen atoms in total. The molecule has 0 bridgehead atoms. The van der Waals surface area contributed by atoms with Gasteiger partial charge in [0.1, 0.15) is 5.69 Å². The number of imidazole rings is 1. The number of rotatable bonds is 2. The summed E-state index contributed by atoms with van der Waals surface area (Å²) in [6, 6.07) is 0.376. The largest absolute Gasteiger partial charge is 0.347 e. The third kappa shape index (κ3) is 1.81. The number of aryl methyl sites for hydroxylation is 1. The van der Waals surface area contributed by atoms with Gasteiger partial charge in [0.25, 0.3) is 5.91 Å². The highest BCUT2D eigenvalue weighted by molar-refractivity contribution is 5.92. The highest BCUT2D eigenvalue weighted by atomic mass is 35.5. The number of carbonyl (C=O) groups is 1. The van der Waals surface area contributed by atoms with E-state index in [0.29, 0.717) is 23.6 Å². The number of nitrogens with one attached hydrogen (secondary N) is 2. The van der Waals surface area contributed by atoms with Crippen LogP contribution in [-0.4, -0.2) is 34.6 Å². The maximum atomic E-state index is 11.7. The number of piperidine rings is 1. The molecule has 0 radical (unpaired) electrons. The summed E-state index contributed by atoms with van der Waals surface area (Å²) in [6.07, 6.45) is 3.38. The minimum Gasteiger partial charge on any atom is -0.347 e. The molecule has 3 rings (SSSR count). The molecular formula is C10H15ClN4O. The molecule has 1 aromatic rings. The van der Waals surface area contributed by atoms with Gasteiger partial charge in [-0.1, -0.05) is 0 Å². The molecule has 2 atom stereocenters. The van der Waals surface area contributed by atoms with E-state index in [1.165, 1.54) is 0 Å². The molecule has 1 aromatic heterocycles. The number of carbonyl (C=O) groups excluding carboxylic acids is 1. The van der Waals surface area contributed by atoms with Crippen molar-refractivity contribution >= 4 is 18.3 Å². The van der Waals surface area contributed by atoms with E-state index in [9.17, 15) is 4.79 Å². The summed E-state index contributed by atoms with van der Waals surface area (Å²) in [5.74, 6) is 1.25. The minimum atomic E-state index is -0.0463. The molecule has 16 heavy (non-hydrogen) atoms. The monoisotopic (exact) mass is 242 g/mol. The molecular weight excluding hydrogens is 228 g/mol. The lowest BCUT2D eigenvalue weighted by atomic mass is 10.4. The van der Waals surface area contributed by atoms with E-state index < -0.39 is 0 Å². The minimum absolute atomic E-state index is 0. The van der Waals surface area contributed by atoms with Crippen LogP contribution in [0, 0.1) is 11.8 Å². The van der Waals surface area contributed by atoms with Crippen LogP contribution in [0.1, 0.15) is 10.5 Å². The molecule has 0 aromatic carbocycles. The second-order valence-electron chi connectivity index (χ2n) is 4.41. The molecule has 2 heterocycles. The number of halogens is 1. The van der Waals surface area contributed by atoms with Crippen LogP contribution in [0.5, 0.6) is 0 Å². The second-order valence-corrected chi connectivity index (χ2v) is 4.41. The highest BCUT2D eigenvalue weighted by Gasteiger charge is 2.53. The fourth-order valence-corrected chi connectivity index (χ4v) is 2.39. The van der Waals surface area contributed by atoms with Gasteiger partial charge in [-0.25, -0.2) is 4.98 Å². The van der Waals surface area contributed by atoms with E-state index in [0.717, 1.165) is 13.1 Å². The average molecular weight is 243 g/mol. The standard InChI is InChI=1S/C10H14N4O.ClH/c1-14-4-8(12-5-14)10(15)13-9-6-2-11-3-7(6)9;/h4-7,9,11H,2-3H2,1H3,(H,13,15);1H. The van der Waals surface area contributed by atoms with Gasteiger partial charge < -0.3 is 15.2 Å². The molecule has 0 spiro atoms. The molecule has 1 saturated heterocycles. The summed E-state index contributed by atoms with van der Waals surface area (Å²) in [5.41, 5.74) is 0.510. The van der Waals surface area contributed by atoms with Gasteiger partial charge >= 0.3 is 0 Å². The molecule has 2 fully saturated rings. The van der Waals surface area contributed by atoms with E-state index in [2.05, 4.69) is 15.6 Å². The summed E-state index contributed by atoms with van der Waals surface area (Å²) < 4.78 is 1.78.